The second-order valence-corrected chi connectivity index (χ2v) is 3.52. The molecular weight excluding hydrogens is 246 g/mol. The summed E-state index contributed by atoms with van der Waals surface area (Å²) in [7, 11) is 2.82. The van der Waals surface area contributed by atoms with Crippen molar-refractivity contribution in [1.29, 1.82) is 0 Å². The molecule has 0 unspecified atom stereocenters. The third kappa shape index (κ3) is 2.01. The zero-order valence-corrected chi connectivity index (χ0v) is 9.70. The highest BCUT2D eigenvalue weighted by atomic mass is 19.3. The summed E-state index contributed by atoms with van der Waals surface area (Å²) in [6, 6.07) is 3.52. The summed E-state index contributed by atoms with van der Waals surface area (Å²) in [5.74, 6) is -0.0265. The van der Waals surface area contributed by atoms with E-state index in [1.807, 2.05) is 0 Å². The van der Waals surface area contributed by atoms with E-state index >= 15 is 0 Å². The predicted molar refractivity (Wildman–Crippen MR) is 60.5 cm³/mol. The molecule has 1 aromatic carbocycles. The Morgan fingerprint density at radius 1 is 1.11 bits per heavy atom. The number of methoxy groups -OCH3 is 2. The van der Waals surface area contributed by atoms with Crippen molar-refractivity contribution < 1.29 is 22.7 Å². The fraction of sp³-hybridized carbons (Fsp3) is 0.250. The van der Waals surface area contributed by atoms with Crippen LogP contribution in [0.2, 0.25) is 0 Å². The molecule has 0 aliphatic carbocycles. The Balaban J connectivity index is 2.76. The SMILES string of the molecule is COc1cc2oc(C(F)F)cc(=O)c2cc1OC. The number of halogens is 2. The Morgan fingerprint density at radius 2 is 1.72 bits per heavy atom. The number of ether oxygens (including phenoxy) is 2. The summed E-state index contributed by atoms with van der Waals surface area (Å²) in [5.41, 5.74) is -0.511. The van der Waals surface area contributed by atoms with Crippen LogP contribution in [-0.2, 0) is 0 Å². The number of hydrogen-bond acceptors (Lipinski definition) is 4. The first-order valence-electron chi connectivity index (χ1n) is 5.04. The van der Waals surface area contributed by atoms with Gasteiger partial charge in [0.1, 0.15) is 5.58 Å². The molecule has 0 saturated heterocycles. The Hall–Kier alpha value is -2.11. The van der Waals surface area contributed by atoms with Crippen LogP contribution < -0.4 is 14.9 Å². The van der Waals surface area contributed by atoms with E-state index in [1.54, 1.807) is 0 Å². The van der Waals surface area contributed by atoms with Gasteiger partial charge in [0.05, 0.1) is 19.6 Å². The molecule has 0 saturated carbocycles. The molecular formula is C12H10F2O4. The van der Waals surface area contributed by atoms with Crippen LogP contribution in [0, 0.1) is 0 Å². The zero-order chi connectivity index (χ0) is 13.3. The predicted octanol–water partition coefficient (Wildman–Crippen LogP) is 2.75. The maximum Gasteiger partial charge on any atom is 0.295 e. The van der Waals surface area contributed by atoms with Gasteiger partial charge in [-0.2, -0.15) is 0 Å². The number of fused-ring (bicyclic) bond motifs is 1. The highest BCUT2D eigenvalue weighted by Crippen LogP contribution is 2.32. The van der Waals surface area contributed by atoms with Crippen LogP contribution in [0.15, 0.2) is 27.4 Å². The molecule has 6 heteroatoms. The number of rotatable bonds is 3. The van der Waals surface area contributed by atoms with Crippen molar-refractivity contribution in [2.45, 2.75) is 6.43 Å². The second kappa shape index (κ2) is 4.64. The molecule has 0 aliphatic heterocycles. The van der Waals surface area contributed by atoms with Gasteiger partial charge >= 0.3 is 0 Å². The van der Waals surface area contributed by atoms with Gasteiger partial charge in [0.15, 0.2) is 22.7 Å². The van der Waals surface area contributed by atoms with Gasteiger partial charge < -0.3 is 13.9 Å². The van der Waals surface area contributed by atoms with E-state index in [0.717, 1.165) is 6.07 Å². The lowest BCUT2D eigenvalue weighted by molar-refractivity contribution is 0.122. The topological polar surface area (TPSA) is 48.7 Å². The summed E-state index contributed by atoms with van der Waals surface area (Å²) < 4.78 is 40.0. The van der Waals surface area contributed by atoms with Crippen molar-refractivity contribution in [1.82, 2.24) is 0 Å². The van der Waals surface area contributed by atoms with Crippen molar-refractivity contribution >= 4 is 11.0 Å². The highest BCUT2D eigenvalue weighted by molar-refractivity contribution is 5.80. The van der Waals surface area contributed by atoms with Crippen molar-refractivity contribution in [3.63, 3.8) is 0 Å². The number of hydrogen-bond donors (Lipinski definition) is 0. The Kier molecular flexibility index (Phi) is 3.18. The van der Waals surface area contributed by atoms with Gasteiger partial charge in [-0.15, -0.1) is 0 Å². The maximum absolute atomic E-state index is 12.5. The summed E-state index contributed by atoms with van der Waals surface area (Å²) in [4.78, 5) is 11.7. The van der Waals surface area contributed by atoms with Gasteiger partial charge in [-0.25, -0.2) is 8.78 Å². The molecule has 0 atom stereocenters. The van der Waals surface area contributed by atoms with Gasteiger partial charge in [-0.1, -0.05) is 0 Å². The fourth-order valence-corrected chi connectivity index (χ4v) is 1.61. The first-order valence-corrected chi connectivity index (χ1v) is 5.04. The lowest BCUT2D eigenvalue weighted by Crippen LogP contribution is -2.03. The van der Waals surface area contributed by atoms with Crippen molar-refractivity contribution in [3.05, 3.63) is 34.2 Å². The minimum absolute atomic E-state index is 0.0375. The molecule has 18 heavy (non-hydrogen) atoms. The monoisotopic (exact) mass is 256 g/mol. The van der Waals surface area contributed by atoms with Crippen LogP contribution in [0.5, 0.6) is 11.5 Å². The van der Waals surface area contributed by atoms with E-state index in [1.165, 1.54) is 26.4 Å². The minimum Gasteiger partial charge on any atom is -0.493 e. The van der Waals surface area contributed by atoms with Crippen molar-refractivity contribution in [2.75, 3.05) is 14.2 Å². The van der Waals surface area contributed by atoms with Crippen molar-refractivity contribution in [3.8, 4) is 11.5 Å². The fourth-order valence-electron chi connectivity index (χ4n) is 1.61. The normalized spacial score (nSPS) is 10.9. The molecule has 1 heterocycles. The van der Waals surface area contributed by atoms with Gasteiger partial charge in [-0.05, 0) is 6.07 Å². The molecule has 2 aromatic rings. The molecule has 0 fully saturated rings. The molecule has 0 amide bonds. The van der Waals surface area contributed by atoms with Crippen LogP contribution in [0.25, 0.3) is 11.0 Å². The third-order valence-corrected chi connectivity index (χ3v) is 2.47. The van der Waals surface area contributed by atoms with E-state index in [0.29, 0.717) is 11.5 Å². The average Bonchev–Trinajstić information content (AvgIpc) is 2.36. The van der Waals surface area contributed by atoms with Crippen LogP contribution in [0.4, 0.5) is 8.78 Å². The van der Waals surface area contributed by atoms with E-state index < -0.39 is 17.6 Å². The van der Waals surface area contributed by atoms with E-state index in [9.17, 15) is 13.6 Å². The average molecular weight is 256 g/mol. The van der Waals surface area contributed by atoms with Gasteiger partial charge in [0.2, 0.25) is 0 Å². The molecule has 2 rings (SSSR count). The molecule has 96 valence electrons. The molecule has 0 aliphatic rings. The Labute approximate surface area is 101 Å². The van der Waals surface area contributed by atoms with Gasteiger partial charge in [-0.3, -0.25) is 4.79 Å². The molecule has 1 aromatic heterocycles. The number of benzene rings is 1. The lowest BCUT2D eigenvalue weighted by atomic mass is 10.2. The summed E-state index contributed by atoms with van der Waals surface area (Å²) in [6.45, 7) is 0. The van der Waals surface area contributed by atoms with Crippen molar-refractivity contribution in [2.24, 2.45) is 0 Å². The Bertz CT molecular complexity index is 634. The van der Waals surface area contributed by atoms with E-state index in [2.05, 4.69) is 0 Å². The van der Waals surface area contributed by atoms with E-state index in [4.69, 9.17) is 13.9 Å². The van der Waals surface area contributed by atoms with Crippen LogP contribution >= 0.6 is 0 Å². The van der Waals surface area contributed by atoms with Crippen LogP contribution in [0.1, 0.15) is 12.2 Å². The number of alkyl halides is 2. The van der Waals surface area contributed by atoms with E-state index in [-0.39, 0.29) is 11.0 Å². The van der Waals surface area contributed by atoms with Gasteiger partial charge in [0.25, 0.3) is 6.43 Å². The molecule has 0 bridgehead atoms. The molecule has 0 spiro atoms. The smallest absolute Gasteiger partial charge is 0.295 e. The summed E-state index contributed by atoms with van der Waals surface area (Å²) >= 11 is 0. The lowest BCUT2D eigenvalue weighted by Gasteiger charge is -2.09. The first kappa shape index (κ1) is 12.3. The molecule has 0 radical (unpaired) electrons. The second-order valence-electron chi connectivity index (χ2n) is 3.52. The van der Waals surface area contributed by atoms with Crippen LogP contribution in [0.3, 0.4) is 0 Å². The largest absolute Gasteiger partial charge is 0.493 e. The molecule has 4 nitrogen and oxygen atoms in total. The third-order valence-electron chi connectivity index (χ3n) is 2.47. The summed E-state index contributed by atoms with van der Waals surface area (Å²) in [5, 5.41) is 0.164. The maximum atomic E-state index is 12.5. The molecule has 0 N–H and O–H groups in total. The standard InChI is InChI=1S/C12H10F2O4/c1-16-9-3-6-7(15)4-11(12(13)14)18-8(6)5-10(9)17-2/h3-5,12H,1-2H3. The Morgan fingerprint density at radius 3 is 2.28 bits per heavy atom. The zero-order valence-electron chi connectivity index (χ0n) is 9.70. The van der Waals surface area contributed by atoms with Crippen LogP contribution in [-0.4, -0.2) is 14.2 Å². The minimum atomic E-state index is -2.84. The quantitative estimate of drug-likeness (QED) is 0.847. The first-order chi connectivity index (χ1) is 8.56. The highest BCUT2D eigenvalue weighted by Gasteiger charge is 2.16. The summed E-state index contributed by atoms with van der Waals surface area (Å²) in [6.07, 6.45) is -2.84. The van der Waals surface area contributed by atoms with Gasteiger partial charge in [0, 0.05) is 12.1 Å².